The van der Waals surface area contributed by atoms with Gasteiger partial charge in [0.1, 0.15) is 11.8 Å². The van der Waals surface area contributed by atoms with Gasteiger partial charge in [-0.25, -0.2) is 0 Å². The number of rotatable bonds is 6. The number of nitriles is 1. The van der Waals surface area contributed by atoms with Gasteiger partial charge in [0.25, 0.3) is 0 Å². The van der Waals surface area contributed by atoms with Gasteiger partial charge >= 0.3 is 6.18 Å². The summed E-state index contributed by atoms with van der Waals surface area (Å²) in [5.74, 6) is -0.398. The van der Waals surface area contributed by atoms with Crippen LogP contribution in [0.25, 0.3) is 0 Å². The van der Waals surface area contributed by atoms with Crippen LogP contribution in [0.3, 0.4) is 0 Å². The van der Waals surface area contributed by atoms with Crippen LogP contribution in [0.15, 0.2) is 18.2 Å². The molecule has 2 rings (SSSR count). The number of morpholine rings is 1. The van der Waals surface area contributed by atoms with Crippen LogP contribution in [0.2, 0.25) is 0 Å². The molecular formula is C20H26F3N3O3. The first-order valence-electron chi connectivity index (χ1n) is 9.44. The zero-order valence-electron chi connectivity index (χ0n) is 16.9. The molecule has 1 aromatic rings. The van der Waals surface area contributed by atoms with E-state index in [1.54, 1.807) is 6.07 Å². The van der Waals surface area contributed by atoms with Gasteiger partial charge in [0, 0.05) is 18.8 Å². The number of anilines is 1. The Morgan fingerprint density at radius 1 is 1.34 bits per heavy atom. The first-order chi connectivity index (χ1) is 13.5. The average molecular weight is 413 g/mol. The maximum atomic E-state index is 13.0. The highest BCUT2D eigenvalue weighted by atomic mass is 19.4. The molecule has 1 aromatic carbocycles. The van der Waals surface area contributed by atoms with Crippen molar-refractivity contribution in [2.75, 3.05) is 25.0 Å². The van der Waals surface area contributed by atoms with E-state index in [4.69, 9.17) is 4.74 Å². The van der Waals surface area contributed by atoms with Gasteiger partial charge in [-0.3, -0.25) is 9.69 Å². The third-order valence-corrected chi connectivity index (χ3v) is 4.50. The van der Waals surface area contributed by atoms with Crippen LogP contribution in [0.4, 0.5) is 18.9 Å². The Bertz CT molecular complexity index is 752. The average Bonchev–Trinajstić information content (AvgIpc) is 2.58. The van der Waals surface area contributed by atoms with E-state index in [1.807, 2.05) is 27.7 Å². The van der Waals surface area contributed by atoms with E-state index in [0.717, 1.165) is 0 Å². The summed E-state index contributed by atoms with van der Waals surface area (Å²) < 4.78 is 47.4. The second-order valence-electron chi connectivity index (χ2n) is 7.62. The Morgan fingerprint density at radius 3 is 2.48 bits per heavy atom. The molecule has 1 heterocycles. The molecule has 0 radical (unpaired) electrons. The summed E-state index contributed by atoms with van der Waals surface area (Å²) in [6.45, 7) is 7.56. The number of alkyl halides is 3. The minimum atomic E-state index is -4.50. The topological polar surface area (TPSA) is 74.6 Å². The van der Waals surface area contributed by atoms with Crippen molar-refractivity contribution < 1.29 is 27.4 Å². The quantitative estimate of drug-likeness (QED) is 0.772. The first kappa shape index (κ1) is 23.0. The highest BCUT2D eigenvalue weighted by molar-refractivity contribution is 5.95. The minimum absolute atomic E-state index is 0.00283. The largest absolute Gasteiger partial charge is 0.483 e. The number of hydrogen-bond donors (Lipinski definition) is 1. The van der Waals surface area contributed by atoms with Crippen molar-refractivity contribution in [3.8, 4) is 11.8 Å². The molecule has 1 fully saturated rings. The van der Waals surface area contributed by atoms with Crippen LogP contribution in [0.5, 0.6) is 5.75 Å². The number of ether oxygens (including phenoxy) is 2. The summed E-state index contributed by atoms with van der Waals surface area (Å²) >= 11 is 0. The summed E-state index contributed by atoms with van der Waals surface area (Å²) in [7, 11) is 0. The molecule has 0 aliphatic carbocycles. The normalized spacial score (nSPS) is 21.5. The Kier molecular flexibility index (Phi) is 7.49. The molecule has 1 aliphatic rings. The molecule has 29 heavy (non-hydrogen) atoms. The van der Waals surface area contributed by atoms with Crippen LogP contribution >= 0.6 is 0 Å². The van der Waals surface area contributed by atoms with Gasteiger partial charge in [0.15, 0.2) is 6.61 Å². The molecule has 1 N–H and O–H groups in total. The molecule has 0 bridgehead atoms. The zero-order chi connectivity index (χ0) is 21.8. The van der Waals surface area contributed by atoms with Gasteiger partial charge in [-0.1, -0.05) is 13.8 Å². The first-order valence-corrected chi connectivity index (χ1v) is 9.44. The van der Waals surface area contributed by atoms with Crippen molar-refractivity contribution in [1.82, 2.24) is 4.90 Å². The molecule has 1 saturated heterocycles. The summed E-state index contributed by atoms with van der Waals surface area (Å²) in [5, 5.41) is 12.0. The van der Waals surface area contributed by atoms with E-state index in [2.05, 4.69) is 15.0 Å². The summed E-state index contributed by atoms with van der Waals surface area (Å²) in [6.07, 6.45) is -4.50. The van der Waals surface area contributed by atoms with Crippen LogP contribution < -0.4 is 10.1 Å². The van der Waals surface area contributed by atoms with Gasteiger partial charge in [0.2, 0.25) is 5.91 Å². The molecule has 9 heteroatoms. The molecule has 6 nitrogen and oxygen atoms in total. The van der Waals surface area contributed by atoms with Crippen LogP contribution in [0, 0.1) is 17.2 Å². The van der Waals surface area contributed by atoms with Gasteiger partial charge in [0.05, 0.1) is 23.8 Å². The number of amides is 1. The number of carbonyl (C=O) groups excluding carboxylic acids is 1. The van der Waals surface area contributed by atoms with E-state index < -0.39 is 18.8 Å². The van der Waals surface area contributed by atoms with Crippen molar-refractivity contribution in [3.63, 3.8) is 0 Å². The third-order valence-electron chi connectivity index (χ3n) is 4.50. The summed E-state index contributed by atoms with van der Waals surface area (Å²) in [6, 6.07) is 5.38. The van der Waals surface area contributed by atoms with Gasteiger partial charge in [-0.2, -0.15) is 18.4 Å². The molecule has 0 saturated carbocycles. The van der Waals surface area contributed by atoms with Crippen LogP contribution in [0.1, 0.15) is 33.3 Å². The molecule has 0 spiro atoms. The Hall–Kier alpha value is -2.31. The Morgan fingerprint density at radius 2 is 1.97 bits per heavy atom. The summed E-state index contributed by atoms with van der Waals surface area (Å²) in [5.41, 5.74) is 0.243. The Balaban J connectivity index is 2.14. The summed E-state index contributed by atoms with van der Waals surface area (Å²) in [4.78, 5) is 15.0. The van der Waals surface area contributed by atoms with E-state index in [9.17, 15) is 23.2 Å². The van der Waals surface area contributed by atoms with Crippen molar-refractivity contribution in [2.45, 2.75) is 52.1 Å². The fourth-order valence-electron chi connectivity index (χ4n) is 3.53. The maximum absolute atomic E-state index is 13.0. The van der Waals surface area contributed by atoms with E-state index >= 15 is 0 Å². The van der Waals surface area contributed by atoms with Crippen molar-refractivity contribution in [2.24, 2.45) is 5.92 Å². The lowest BCUT2D eigenvalue weighted by Gasteiger charge is -2.41. The molecule has 3 unspecified atom stereocenters. The standard InChI is InChI=1S/C20H26F3N3O3/c1-12(2)18(26-9-13(3)29-14(4)10-26)19(27)25-16-5-6-17(15(7-16)8-24)28-11-20(21,22)23/h5-7,12-14,18H,9-11H2,1-4H3,(H,25,27). The molecule has 3 atom stereocenters. The Labute approximate surface area is 168 Å². The smallest absolute Gasteiger partial charge is 0.422 e. The van der Waals surface area contributed by atoms with Gasteiger partial charge < -0.3 is 14.8 Å². The fourth-order valence-corrected chi connectivity index (χ4v) is 3.53. The predicted octanol–water partition coefficient (Wildman–Crippen LogP) is 3.57. The maximum Gasteiger partial charge on any atom is 0.422 e. The number of halogens is 3. The lowest BCUT2D eigenvalue weighted by molar-refractivity contribution is -0.153. The number of hydrogen-bond acceptors (Lipinski definition) is 5. The molecule has 1 amide bonds. The second-order valence-corrected chi connectivity index (χ2v) is 7.62. The lowest BCUT2D eigenvalue weighted by atomic mass is 9.99. The molecule has 160 valence electrons. The van der Waals surface area contributed by atoms with E-state index in [0.29, 0.717) is 18.8 Å². The number of benzene rings is 1. The van der Waals surface area contributed by atoms with Crippen molar-refractivity contribution in [3.05, 3.63) is 23.8 Å². The number of carbonyl (C=O) groups is 1. The number of nitrogens with zero attached hydrogens (tertiary/aromatic N) is 2. The third kappa shape index (κ3) is 6.61. The minimum Gasteiger partial charge on any atom is -0.483 e. The molecule has 0 aromatic heterocycles. The van der Waals surface area contributed by atoms with Crippen molar-refractivity contribution >= 4 is 11.6 Å². The number of nitrogens with one attached hydrogen (secondary N) is 1. The van der Waals surface area contributed by atoms with Crippen LogP contribution in [-0.4, -0.2) is 54.9 Å². The van der Waals surface area contributed by atoms with Gasteiger partial charge in [-0.05, 0) is 38.0 Å². The predicted molar refractivity (Wildman–Crippen MR) is 102 cm³/mol. The van der Waals surface area contributed by atoms with E-state index in [1.165, 1.54) is 18.2 Å². The SMILES string of the molecule is CC1CN(C(C(=O)Nc2ccc(OCC(F)(F)F)c(C#N)c2)C(C)C)CC(C)O1. The fraction of sp³-hybridized carbons (Fsp3) is 0.600. The van der Waals surface area contributed by atoms with E-state index in [-0.39, 0.29) is 35.3 Å². The lowest BCUT2D eigenvalue weighted by Crippen LogP contribution is -2.55. The van der Waals surface area contributed by atoms with Crippen molar-refractivity contribution in [1.29, 1.82) is 5.26 Å². The van der Waals surface area contributed by atoms with Crippen LogP contribution in [-0.2, 0) is 9.53 Å². The highest BCUT2D eigenvalue weighted by Crippen LogP contribution is 2.26. The van der Waals surface area contributed by atoms with Gasteiger partial charge in [-0.15, -0.1) is 0 Å². The zero-order valence-corrected chi connectivity index (χ0v) is 16.9. The second kappa shape index (κ2) is 9.46. The molecule has 1 aliphatic heterocycles. The monoisotopic (exact) mass is 413 g/mol. The molecular weight excluding hydrogens is 387 g/mol. The highest BCUT2D eigenvalue weighted by Gasteiger charge is 2.34.